The van der Waals surface area contributed by atoms with Crippen molar-refractivity contribution in [2.45, 2.75) is 0 Å². The molecule has 0 saturated heterocycles. The fraction of sp³-hybridized carbons (Fsp3) is 0. The Labute approximate surface area is 58.3 Å². The summed E-state index contributed by atoms with van der Waals surface area (Å²) in [5.74, 6) is 0. The Morgan fingerprint density at radius 2 is 1.67 bits per heavy atom. The number of hydrogen-bond donors (Lipinski definition) is 0. The van der Waals surface area contributed by atoms with E-state index in [9.17, 15) is 2.81 Å². The topological polar surface area (TPSA) is 51.2 Å². The second-order valence-corrected chi connectivity index (χ2v) is 4.07. The molecule has 0 atom stereocenters. The van der Waals surface area contributed by atoms with Gasteiger partial charge in [-0.15, -0.1) is 0 Å². The first-order valence-corrected chi connectivity index (χ1v) is 7.74. The van der Waals surface area contributed by atoms with E-state index in [1.807, 2.05) is 0 Å². The van der Waals surface area contributed by atoms with Crippen LogP contribution >= 0.6 is 0 Å². The SMILES string of the molecule is [O]=[AlH].[O]=[Cr][Zr]=[O]. The molecule has 0 spiro atoms. The van der Waals surface area contributed by atoms with Crippen LogP contribution in [0.15, 0.2) is 0 Å². The van der Waals surface area contributed by atoms with Crippen LogP contribution in [-0.2, 0) is 42.6 Å². The van der Waals surface area contributed by atoms with E-state index in [1.165, 1.54) is 0 Å². The molecular formula is HAlCrO3Zr. The standard InChI is InChI=1S/Al.Cr.3O.Zr.H. The van der Waals surface area contributed by atoms with E-state index in [0.29, 0.717) is 16.2 Å². The molecule has 0 N–H and O–H groups in total. The number of rotatable bonds is 1. The summed E-state index contributed by atoms with van der Waals surface area (Å²) in [4.78, 5) is 0. The molecule has 3 nitrogen and oxygen atoms in total. The predicted octanol–water partition coefficient (Wildman–Crippen LogP) is -1.01. The van der Waals surface area contributed by atoms with Gasteiger partial charge in [0.2, 0.25) is 0 Å². The first kappa shape index (κ1) is 10.4. The molecule has 0 unspecified atom stereocenters. The van der Waals surface area contributed by atoms with Crippen molar-refractivity contribution in [1.29, 1.82) is 0 Å². The molecule has 0 aliphatic heterocycles. The van der Waals surface area contributed by atoms with Crippen LogP contribution in [0.4, 0.5) is 0 Å². The van der Waals surface area contributed by atoms with Crippen LogP contribution in [0.2, 0.25) is 0 Å². The summed E-state index contributed by atoms with van der Waals surface area (Å²) in [6.45, 7) is 0. The summed E-state index contributed by atoms with van der Waals surface area (Å²) in [5, 5.41) is 0. The first-order chi connectivity index (χ1) is 2.91. The van der Waals surface area contributed by atoms with Gasteiger partial charge >= 0.3 is 58.8 Å². The Morgan fingerprint density at radius 1 is 1.50 bits per heavy atom. The summed E-state index contributed by atoms with van der Waals surface area (Å²) < 4.78 is 26.6. The molecule has 0 aromatic heterocycles. The van der Waals surface area contributed by atoms with E-state index in [4.69, 9.17) is 7.61 Å². The van der Waals surface area contributed by atoms with Crippen LogP contribution in [0, 0.1) is 0 Å². The Kier molecular flexibility index (Phi) is 27.9. The van der Waals surface area contributed by atoms with E-state index in [-0.39, 0.29) is 0 Å². The first-order valence-electron chi connectivity index (χ1n) is 0.864. The van der Waals surface area contributed by atoms with Gasteiger partial charge in [-0.3, -0.25) is 0 Å². The van der Waals surface area contributed by atoms with Gasteiger partial charge in [-0.1, -0.05) is 0 Å². The van der Waals surface area contributed by atoms with Crippen molar-refractivity contribution in [3.05, 3.63) is 0 Å². The summed E-state index contributed by atoms with van der Waals surface area (Å²) in [6, 6.07) is 0. The van der Waals surface area contributed by atoms with Crippen molar-refractivity contribution in [3.63, 3.8) is 0 Å². The molecule has 0 bridgehead atoms. The van der Waals surface area contributed by atoms with Crippen LogP contribution in [0.1, 0.15) is 0 Å². The minimum atomic E-state index is -1.52. The molecule has 6 heteroatoms. The summed E-state index contributed by atoms with van der Waals surface area (Å²) in [5.41, 5.74) is 0. The third-order valence-electron chi connectivity index (χ3n) is 0.0340. The average molecular weight is 219 g/mol. The van der Waals surface area contributed by atoms with Gasteiger partial charge in [-0.25, -0.2) is 0 Å². The maximum absolute atomic E-state index is 9.18. The van der Waals surface area contributed by atoms with Crippen LogP contribution in [-0.4, -0.2) is 16.2 Å². The van der Waals surface area contributed by atoms with Gasteiger partial charge in [0.25, 0.3) is 0 Å². The van der Waals surface area contributed by atoms with Gasteiger partial charge < -0.3 is 0 Å². The molecule has 0 saturated carbocycles. The second-order valence-electron chi connectivity index (χ2n) is 0.167. The van der Waals surface area contributed by atoms with Gasteiger partial charge in [0.05, 0.1) is 0 Å². The van der Waals surface area contributed by atoms with Gasteiger partial charge in [0, 0.05) is 0 Å². The molecule has 0 aromatic carbocycles. The van der Waals surface area contributed by atoms with Gasteiger partial charge in [0.15, 0.2) is 0 Å². The van der Waals surface area contributed by atoms with Crippen molar-refractivity contribution in [3.8, 4) is 0 Å². The van der Waals surface area contributed by atoms with Gasteiger partial charge in [0.1, 0.15) is 0 Å². The van der Waals surface area contributed by atoms with Crippen molar-refractivity contribution < 1.29 is 42.6 Å². The molecule has 0 fully saturated rings. The summed E-state index contributed by atoms with van der Waals surface area (Å²) in [7, 11) is 0. The van der Waals surface area contributed by atoms with Crippen LogP contribution in [0.5, 0.6) is 0 Å². The normalized spacial score (nSPS) is 3.17. The molecule has 0 heterocycles. The zero-order valence-electron chi connectivity index (χ0n) is 2.84. The molecular weight excluding hydrogens is 218 g/mol. The number of hydrogen-bond acceptors (Lipinski definition) is 3. The van der Waals surface area contributed by atoms with Crippen LogP contribution < -0.4 is 0 Å². The Morgan fingerprint density at radius 3 is 1.67 bits per heavy atom. The molecule has 0 rings (SSSR count). The molecule has 6 heavy (non-hydrogen) atoms. The van der Waals surface area contributed by atoms with Crippen molar-refractivity contribution in [1.82, 2.24) is 0 Å². The average Bonchev–Trinajstić information content (AvgIpc) is 1.72. The Hall–Kier alpha value is 1.35. The summed E-state index contributed by atoms with van der Waals surface area (Å²) >= 11 is -1.63. The second kappa shape index (κ2) is 16.2. The molecule has 0 aliphatic carbocycles. The Balaban J connectivity index is 0. The molecule has 0 aromatic rings. The maximum atomic E-state index is 9.18. The molecule has 0 aliphatic rings. The molecule has 32 valence electrons. The third kappa shape index (κ3) is 18.3. The summed E-state index contributed by atoms with van der Waals surface area (Å²) in [6.07, 6.45) is 0. The fourth-order valence-corrected chi connectivity index (χ4v) is 0. The third-order valence-corrected chi connectivity index (χ3v) is 0.830. The van der Waals surface area contributed by atoms with E-state index < -0.39 is 32.2 Å². The van der Waals surface area contributed by atoms with Gasteiger partial charge in [-0.2, -0.15) is 0 Å². The van der Waals surface area contributed by atoms with E-state index in [0.717, 1.165) is 0 Å². The molecule has 0 radical (unpaired) electrons. The van der Waals surface area contributed by atoms with E-state index in [2.05, 4.69) is 0 Å². The van der Waals surface area contributed by atoms with E-state index in [1.54, 1.807) is 0 Å². The van der Waals surface area contributed by atoms with E-state index >= 15 is 0 Å². The van der Waals surface area contributed by atoms with Crippen LogP contribution in [0.25, 0.3) is 0 Å². The van der Waals surface area contributed by atoms with Crippen molar-refractivity contribution in [2.24, 2.45) is 0 Å². The zero-order valence-corrected chi connectivity index (χ0v) is 7.99. The van der Waals surface area contributed by atoms with Crippen LogP contribution in [0.3, 0.4) is 0 Å². The predicted molar refractivity (Wildman–Crippen MR) is 9.21 cm³/mol. The minimum absolute atomic E-state index is 0.611. The zero-order chi connectivity index (χ0) is 5.41. The van der Waals surface area contributed by atoms with Crippen molar-refractivity contribution in [2.75, 3.05) is 0 Å². The quantitative estimate of drug-likeness (QED) is 0.531. The molecule has 0 amide bonds. The Bertz CT molecular complexity index is 40.1. The van der Waals surface area contributed by atoms with Crippen molar-refractivity contribution >= 4 is 16.2 Å². The fourth-order valence-electron chi connectivity index (χ4n) is 0. The van der Waals surface area contributed by atoms with Gasteiger partial charge in [-0.05, 0) is 0 Å². The monoisotopic (exact) mass is 218 g/mol.